The molecular formula is C18H28O5. The molecule has 0 spiro atoms. The maximum Gasteiger partial charge on any atom is 0.346 e. The van der Waals surface area contributed by atoms with Gasteiger partial charge in [0.1, 0.15) is 0 Å². The van der Waals surface area contributed by atoms with Gasteiger partial charge in [0.15, 0.2) is 13.4 Å². The normalized spacial score (nSPS) is 35.8. The topological polar surface area (TPSA) is 61.8 Å². The van der Waals surface area contributed by atoms with Crippen molar-refractivity contribution < 1.29 is 23.8 Å². The molecule has 0 N–H and O–H groups in total. The van der Waals surface area contributed by atoms with Gasteiger partial charge in [-0.05, 0) is 62.2 Å². The third-order valence-electron chi connectivity index (χ3n) is 5.97. The van der Waals surface area contributed by atoms with Crippen LogP contribution in [0.2, 0.25) is 0 Å². The number of ether oxygens (including phenoxy) is 3. The Hall–Kier alpha value is -1.10. The average Bonchev–Trinajstić information content (AvgIpc) is 2.53. The number of carbonyl (C=O) groups is 2. The van der Waals surface area contributed by atoms with Crippen LogP contribution in [-0.4, -0.2) is 31.4 Å². The molecule has 0 aromatic heterocycles. The fraction of sp³-hybridized carbons (Fsp3) is 0.889. The third kappa shape index (κ3) is 3.87. The molecule has 5 nitrogen and oxygen atoms in total. The summed E-state index contributed by atoms with van der Waals surface area (Å²) < 4.78 is 15.9. The van der Waals surface area contributed by atoms with Gasteiger partial charge < -0.3 is 14.2 Å². The first-order valence-electron chi connectivity index (χ1n) is 9.00. The van der Waals surface area contributed by atoms with Gasteiger partial charge in [-0.3, -0.25) is 4.79 Å². The van der Waals surface area contributed by atoms with Crippen LogP contribution in [0.3, 0.4) is 0 Å². The molecule has 0 aromatic rings. The Morgan fingerprint density at radius 2 is 1.61 bits per heavy atom. The molecule has 130 valence electrons. The first-order valence-corrected chi connectivity index (χ1v) is 9.00. The molecule has 4 rings (SSSR count). The highest BCUT2D eigenvalue weighted by atomic mass is 16.7. The quantitative estimate of drug-likeness (QED) is 0.532. The fourth-order valence-corrected chi connectivity index (χ4v) is 4.81. The molecule has 0 radical (unpaired) electrons. The highest BCUT2D eigenvalue weighted by Crippen LogP contribution is 2.54. The van der Waals surface area contributed by atoms with Gasteiger partial charge >= 0.3 is 11.9 Å². The number of hydrogen-bond acceptors (Lipinski definition) is 5. The molecule has 23 heavy (non-hydrogen) atoms. The molecule has 4 bridgehead atoms. The molecule has 5 heteroatoms. The minimum Gasteiger partial charge on any atom is -0.453 e. The zero-order valence-electron chi connectivity index (χ0n) is 14.2. The molecular weight excluding hydrogens is 296 g/mol. The van der Waals surface area contributed by atoms with Crippen LogP contribution in [0.4, 0.5) is 0 Å². The largest absolute Gasteiger partial charge is 0.453 e. The number of esters is 2. The maximum atomic E-state index is 11.6. The second-order valence-electron chi connectivity index (χ2n) is 7.61. The molecule has 1 atom stereocenters. The zero-order valence-corrected chi connectivity index (χ0v) is 14.2. The molecule has 4 aliphatic carbocycles. The Morgan fingerprint density at radius 3 is 2.17 bits per heavy atom. The first kappa shape index (κ1) is 16.7. The van der Waals surface area contributed by atoms with E-state index in [4.69, 9.17) is 14.2 Å². The van der Waals surface area contributed by atoms with E-state index in [-0.39, 0.29) is 31.4 Å². The molecule has 0 amide bonds. The van der Waals surface area contributed by atoms with Crippen molar-refractivity contribution in [1.29, 1.82) is 0 Å². The summed E-state index contributed by atoms with van der Waals surface area (Å²) in [7, 11) is 0. The monoisotopic (exact) mass is 324 g/mol. The van der Waals surface area contributed by atoms with Crippen LogP contribution in [0, 0.1) is 29.6 Å². The van der Waals surface area contributed by atoms with Gasteiger partial charge in [0, 0.05) is 0 Å². The lowest BCUT2D eigenvalue weighted by atomic mass is 9.55. The summed E-state index contributed by atoms with van der Waals surface area (Å²) in [6.45, 7) is 3.34. The molecule has 4 saturated carbocycles. The Bertz CT molecular complexity index is 419. The summed E-state index contributed by atoms with van der Waals surface area (Å²) in [5.41, 5.74) is 0. The van der Waals surface area contributed by atoms with Gasteiger partial charge in [0.25, 0.3) is 0 Å². The van der Waals surface area contributed by atoms with Gasteiger partial charge in [-0.2, -0.15) is 0 Å². The van der Waals surface area contributed by atoms with Crippen LogP contribution >= 0.6 is 0 Å². The van der Waals surface area contributed by atoms with E-state index in [0.29, 0.717) is 18.3 Å². The minimum absolute atomic E-state index is 0.0211. The third-order valence-corrected chi connectivity index (χ3v) is 5.97. The summed E-state index contributed by atoms with van der Waals surface area (Å²) in [5.74, 6) is 2.02. The summed E-state index contributed by atoms with van der Waals surface area (Å²) in [5, 5.41) is 0. The molecule has 0 aromatic carbocycles. The van der Waals surface area contributed by atoms with Crippen molar-refractivity contribution >= 4 is 11.9 Å². The van der Waals surface area contributed by atoms with Crippen molar-refractivity contribution in [3.8, 4) is 0 Å². The molecule has 4 fully saturated rings. The van der Waals surface area contributed by atoms with E-state index >= 15 is 0 Å². The van der Waals surface area contributed by atoms with Gasteiger partial charge in [0.05, 0.1) is 12.0 Å². The predicted molar refractivity (Wildman–Crippen MR) is 83.3 cm³/mol. The molecule has 0 aliphatic heterocycles. The lowest BCUT2D eigenvalue weighted by molar-refractivity contribution is -0.191. The SMILES string of the molecule is CCC(C)C(=O)OCC(=O)OCOC1C2CC3CC(C2)CC1C3. The van der Waals surface area contributed by atoms with Crippen molar-refractivity contribution in [3.05, 3.63) is 0 Å². The second-order valence-corrected chi connectivity index (χ2v) is 7.61. The van der Waals surface area contributed by atoms with Crippen molar-refractivity contribution in [2.45, 2.75) is 58.5 Å². The fourth-order valence-electron chi connectivity index (χ4n) is 4.81. The Labute approximate surface area is 138 Å². The van der Waals surface area contributed by atoms with Crippen molar-refractivity contribution in [3.63, 3.8) is 0 Å². The molecule has 0 heterocycles. The van der Waals surface area contributed by atoms with E-state index in [9.17, 15) is 9.59 Å². The number of rotatable bonds is 7. The summed E-state index contributed by atoms with van der Waals surface area (Å²) >= 11 is 0. The molecule has 4 aliphatic rings. The Balaban J connectivity index is 1.35. The summed E-state index contributed by atoms with van der Waals surface area (Å²) in [6, 6.07) is 0. The smallest absolute Gasteiger partial charge is 0.346 e. The maximum absolute atomic E-state index is 11.6. The van der Waals surface area contributed by atoms with Gasteiger partial charge in [-0.25, -0.2) is 4.79 Å². The van der Waals surface area contributed by atoms with E-state index in [1.54, 1.807) is 6.92 Å². The van der Waals surface area contributed by atoms with Crippen molar-refractivity contribution in [1.82, 2.24) is 0 Å². The number of carbonyl (C=O) groups excluding carboxylic acids is 2. The van der Waals surface area contributed by atoms with E-state index in [1.807, 2.05) is 6.92 Å². The highest BCUT2D eigenvalue weighted by Gasteiger charge is 2.48. The summed E-state index contributed by atoms with van der Waals surface area (Å²) in [4.78, 5) is 23.1. The van der Waals surface area contributed by atoms with Crippen LogP contribution in [0.1, 0.15) is 52.4 Å². The standard InChI is InChI=1S/C18H28O5/c1-3-11(2)18(20)21-9-16(19)22-10-23-17-14-5-12-4-13(7-14)8-15(17)6-12/h11-15,17H,3-10H2,1-2H3. The van der Waals surface area contributed by atoms with Crippen LogP contribution in [-0.2, 0) is 23.8 Å². The Morgan fingerprint density at radius 1 is 1.00 bits per heavy atom. The van der Waals surface area contributed by atoms with Crippen LogP contribution in [0.15, 0.2) is 0 Å². The predicted octanol–water partition coefficient (Wildman–Crippen LogP) is 2.92. The Kier molecular flexibility index (Phi) is 5.24. The van der Waals surface area contributed by atoms with E-state index < -0.39 is 5.97 Å². The van der Waals surface area contributed by atoms with Crippen molar-refractivity contribution in [2.75, 3.05) is 13.4 Å². The van der Waals surface area contributed by atoms with Crippen molar-refractivity contribution in [2.24, 2.45) is 29.6 Å². The van der Waals surface area contributed by atoms with Crippen LogP contribution in [0.25, 0.3) is 0 Å². The van der Waals surface area contributed by atoms with E-state index in [2.05, 4.69) is 0 Å². The molecule has 0 saturated heterocycles. The highest BCUT2D eigenvalue weighted by molar-refractivity contribution is 5.77. The van der Waals surface area contributed by atoms with Crippen LogP contribution in [0.5, 0.6) is 0 Å². The van der Waals surface area contributed by atoms with Gasteiger partial charge in [-0.1, -0.05) is 13.8 Å². The first-order chi connectivity index (χ1) is 11.1. The van der Waals surface area contributed by atoms with Gasteiger partial charge in [0.2, 0.25) is 0 Å². The van der Waals surface area contributed by atoms with Gasteiger partial charge in [-0.15, -0.1) is 0 Å². The lowest BCUT2D eigenvalue weighted by Crippen LogP contribution is -2.49. The zero-order chi connectivity index (χ0) is 16.4. The average molecular weight is 324 g/mol. The van der Waals surface area contributed by atoms with E-state index in [1.165, 1.54) is 32.1 Å². The lowest BCUT2D eigenvalue weighted by Gasteiger charge is -2.53. The van der Waals surface area contributed by atoms with E-state index in [0.717, 1.165) is 11.8 Å². The summed E-state index contributed by atoms with van der Waals surface area (Å²) in [6.07, 6.45) is 7.46. The molecule has 1 unspecified atom stereocenters. The number of hydrogen-bond donors (Lipinski definition) is 0. The van der Waals surface area contributed by atoms with Crippen LogP contribution < -0.4 is 0 Å². The second kappa shape index (κ2) is 7.20. The minimum atomic E-state index is -0.537.